The van der Waals surface area contributed by atoms with Crippen molar-refractivity contribution < 1.29 is 23.5 Å². The van der Waals surface area contributed by atoms with Crippen LogP contribution >= 0.6 is 0 Å². The Morgan fingerprint density at radius 1 is 1.08 bits per heavy atom. The second kappa shape index (κ2) is 9.11. The van der Waals surface area contributed by atoms with E-state index in [1.807, 2.05) is 0 Å². The lowest BCUT2D eigenvalue weighted by Gasteiger charge is -2.12. The van der Waals surface area contributed by atoms with Crippen LogP contribution in [0, 0.1) is 0 Å². The molecule has 2 rings (SSSR count). The van der Waals surface area contributed by atoms with Crippen LogP contribution in [-0.2, 0) is 9.59 Å². The van der Waals surface area contributed by atoms with E-state index in [0.29, 0.717) is 11.4 Å². The second-order valence-corrected chi connectivity index (χ2v) is 5.09. The van der Waals surface area contributed by atoms with Gasteiger partial charge >= 0.3 is 0 Å². The quantitative estimate of drug-likeness (QED) is 0.632. The Balaban J connectivity index is 1.79. The SMILES string of the molecule is NC(=O)CCOc1ccccc1NC(=O)CCNC(=O)c1ccco1. The van der Waals surface area contributed by atoms with Crippen LogP contribution < -0.4 is 21.1 Å². The maximum absolute atomic E-state index is 12.0. The van der Waals surface area contributed by atoms with E-state index in [9.17, 15) is 14.4 Å². The molecule has 3 amide bonds. The number of nitrogens with one attached hydrogen (secondary N) is 2. The van der Waals surface area contributed by atoms with Gasteiger partial charge in [0.2, 0.25) is 11.8 Å². The summed E-state index contributed by atoms with van der Waals surface area (Å²) in [6.45, 7) is 0.289. The van der Waals surface area contributed by atoms with Crippen LogP contribution in [0.15, 0.2) is 47.1 Å². The van der Waals surface area contributed by atoms with E-state index < -0.39 is 5.91 Å². The molecular weight excluding hydrogens is 326 g/mol. The minimum absolute atomic E-state index is 0.0844. The lowest BCUT2D eigenvalue weighted by atomic mass is 10.2. The van der Waals surface area contributed by atoms with Crippen molar-refractivity contribution in [3.63, 3.8) is 0 Å². The maximum Gasteiger partial charge on any atom is 0.286 e. The van der Waals surface area contributed by atoms with E-state index in [2.05, 4.69) is 10.6 Å². The number of primary amides is 1. The van der Waals surface area contributed by atoms with Gasteiger partial charge in [0.05, 0.1) is 25.0 Å². The Bertz CT molecular complexity index is 728. The van der Waals surface area contributed by atoms with Crippen LogP contribution in [0.1, 0.15) is 23.4 Å². The van der Waals surface area contributed by atoms with Crippen LogP contribution in [-0.4, -0.2) is 30.9 Å². The van der Waals surface area contributed by atoms with Gasteiger partial charge in [-0.2, -0.15) is 0 Å². The summed E-state index contributed by atoms with van der Waals surface area (Å²) in [7, 11) is 0. The van der Waals surface area contributed by atoms with Crippen LogP contribution in [0.5, 0.6) is 5.75 Å². The molecule has 0 unspecified atom stereocenters. The van der Waals surface area contributed by atoms with Gasteiger partial charge in [-0.1, -0.05) is 12.1 Å². The molecule has 8 nitrogen and oxygen atoms in total. The van der Waals surface area contributed by atoms with Gasteiger partial charge in [0.25, 0.3) is 5.91 Å². The van der Waals surface area contributed by atoms with Gasteiger partial charge in [-0.25, -0.2) is 0 Å². The number of anilines is 1. The summed E-state index contributed by atoms with van der Waals surface area (Å²) in [5.41, 5.74) is 5.54. The topological polar surface area (TPSA) is 124 Å². The van der Waals surface area contributed by atoms with Gasteiger partial charge in [-0.3, -0.25) is 14.4 Å². The average molecular weight is 345 g/mol. The molecule has 0 saturated heterocycles. The molecule has 25 heavy (non-hydrogen) atoms. The molecule has 1 aromatic carbocycles. The molecule has 0 saturated carbocycles. The first-order valence-electron chi connectivity index (χ1n) is 7.68. The molecule has 1 heterocycles. The van der Waals surface area contributed by atoms with Gasteiger partial charge in [0, 0.05) is 13.0 Å². The molecule has 1 aromatic heterocycles. The molecule has 0 aliphatic heterocycles. The predicted molar refractivity (Wildman–Crippen MR) is 90.0 cm³/mol. The zero-order valence-corrected chi connectivity index (χ0v) is 13.5. The Labute approximate surface area is 144 Å². The fraction of sp³-hybridized carbons (Fsp3) is 0.235. The van der Waals surface area contributed by atoms with Gasteiger partial charge in [-0.05, 0) is 24.3 Å². The molecule has 132 valence electrons. The average Bonchev–Trinajstić information content (AvgIpc) is 3.10. The summed E-state index contributed by atoms with van der Waals surface area (Å²) < 4.78 is 10.4. The van der Waals surface area contributed by atoms with Crippen molar-refractivity contribution in [3.8, 4) is 5.75 Å². The maximum atomic E-state index is 12.0. The zero-order valence-electron chi connectivity index (χ0n) is 13.5. The van der Waals surface area contributed by atoms with Crippen LogP contribution in [0.3, 0.4) is 0 Å². The highest BCUT2D eigenvalue weighted by Crippen LogP contribution is 2.23. The van der Waals surface area contributed by atoms with Crippen molar-refractivity contribution in [3.05, 3.63) is 48.4 Å². The number of carbonyl (C=O) groups excluding carboxylic acids is 3. The Morgan fingerprint density at radius 2 is 1.88 bits per heavy atom. The molecule has 0 bridgehead atoms. The highest BCUT2D eigenvalue weighted by molar-refractivity contribution is 5.94. The molecule has 2 aromatic rings. The van der Waals surface area contributed by atoms with Gasteiger partial charge in [0.1, 0.15) is 5.75 Å². The van der Waals surface area contributed by atoms with Crippen molar-refractivity contribution in [1.82, 2.24) is 5.32 Å². The first-order chi connectivity index (χ1) is 12.1. The number of rotatable bonds is 9. The Morgan fingerprint density at radius 3 is 2.60 bits per heavy atom. The van der Waals surface area contributed by atoms with Crippen molar-refractivity contribution in [2.24, 2.45) is 5.73 Å². The smallest absolute Gasteiger partial charge is 0.286 e. The predicted octanol–water partition coefficient (Wildman–Crippen LogP) is 1.29. The van der Waals surface area contributed by atoms with Crippen molar-refractivity contribution in [2.45, 2.75) is 12.8 Å². The Kier molecular flexibility index (Phi) is 6.58. The molecule has 0 aliphatic rings. The third-order valence-corrected chi connectivity index (χ3v) is 3.15. The molecule has 0 spiro atoms. The fourth-order valence-corrected chi connectivity index (χ4v) is 1.95. The van der Waals surface area contributed by atoms with Crippen LogP contribution in [0.2, 0.25) is 0 Å². The van der Waals surface area contributed by atoms with E-state index in [1.54, 1.807) is 30.3 Å². The monoisotopic (exact) mass is 345 g/mol. The number of para-hydroxylation sites is 2. The van der Waals surface area contributed by atoms with Crippen molar-refractivity contribution in [2.75, 3.05) is 18.5 Å². The summed E-state index contributed by atoms with van der Waals surface area (Å²) in [6, 6.07) is 9.99. The lowest BCUT2D eigenvalue weighted by molar-refractivity contribution is -0.118. The largest absolute Gasteiger partial charge is 0.491 e. The molecule has 0 atom stereocenters. The first-order valence-corrected chi connectivity index (χ1v) is 7.68. The minimum Gasteiger partial charge on any atom is -0.491 e. The van der Waals surface area contributed by atoms with Gasteiger partial charge in [-0.15, -0.1) is 0 Å². The summed E-state index contributed by atoms with van der Waals surface area (Å²) in [6.07, 6.45) is 1.57. The molecule has 0 radical (unpaired) electrons. The first kappa shape index (κ1) is 18.1. The number of hydrogen-bond donors (Lipinski definition) is 3. The van der Waals surface area contributed by atoms with Gasteiger partial charge in [0.15, 0.2) is 5.76 Å². The highest BCUT2D eigenvalue weighted by atomic mass is 16.5. The van der Waals surface area contributed by atoms with Crippen molar-refractivity contribution in [1.29, 1.82) is 0 Å². The lowest BCUT2D eigenvalue weighted by Crippen LogP contribution is -2.27. The second-order valence-electron chi connectivity index (χ2n) is 5.09. The standard InChI is InChI=1S/C17H19N3O5/c18-15(21)8-11-25-13-5-2-1-4-12(13)20-16(22)7-9-19-17(23)14-6-3-10-24-14/h1-6,10H,7-9,11H2,(H2,18,21)(H,19,23)(H,20,22). The summed E-state index contributed by atoms with van der Waals surface area (Å²) in [4.78, 5) is 34.4. The number of benzene rings is 1. The number of nitrogens with two attached hydrogens (primary N) is 1. The van der Waals surface area contributed by atoms with Gasteiger partial charge < -0.3 is 25.5 Å². The summed E-state index contributed by atoms with van der Waals surface area (Å²) >= 11 is 0. The number of ether oxygens (including phenoxy) is 1. The van der Waals surface area contributed by atoms with E-state index in [-0.39, 0.29) is 43.6 Å². The van der Waals surface area contributed by atoms with E-state index in [1.165, 1.54) is 12.3 Å². The number of carbonyl (C=O) groups is 3. The van der Waals surface area contributed by atoms with E-state index in [4.69, 9.17) is 14.9 Å². The molecule has 0 aliphatic carbocycles. The summed E-state index contributed by atoms with van der Waals surface area (Å²) in [5.74, 6) is -0.502. The fourth-order valence-electron chi connectivity index (χ4n) is 1.95. The molecule has 8 heteroatoms. The summed E-state index contributed by atoms with van der Waals surface area (Å²) in [5, 5.41) is 5.29. The van der Waals surface area contributed by atoms with Crippen LogP contribution in [0.25, 0.3) is 0 Å². The number of furan rings is 1. The van der Waals surface area contributed by atoms with E-state index >= 15 is 0 Å². The third-order valence-electron chi connectivity index (χ3n) is 3.15. The van der Waals surface area contributed by atoms with Crippen LogP contribution in [0.4, 0.5) is 5.69 Å². The minimum atomic E-state index is -0.464. The number of hydrogen-bond acceptors (Lipinski definition) is 5. The molecule has 4 N–H and O–H groups in total. The van der Waals surface area contributed by atoms with Crippen molar-refractivity contribution >= 4 is 23.4 Å². The highest BCUT2D eigenvalue weighted by Gasteiger charge is 2.10. The third kappa shape index (κ3) is 6.02. The Hall–Kier alpha value is -3.29. The van der Waals surface area contributed by atoms with E-state index in [0.717, 1.165) is 0 Å². The normalized spacial score (nSPS) is 10.1. The number of amides is 3. The zero-order chi connectivity index (χ0) is 18.1. The molecule has 0 fully saturated rings. The molecular formula is C17H19N3O5.